The summed E-state index contributed by atoms with van der Waals surface area (Å²) in [5.74, 6) is -6.31. The van der Waals surface area contributed by atoms with E-state index in [0.29, 0.717) is 0 Å². The molecule has 1 atom stereocenters. The van der Waals surface area contributed by atoms with Crippen LogP contribution >= 0.6 is 0 Å². The van der Waals surface area contributed by atoms with Crippen LogP contribution in [0.5, 0.6) is 0 Å². The van der Waals surface area contributed by atoms with Gasteiger partial charge in [-0.25, -0.2) is 13.6 Å². The van der Waals surface area contributed by atoms with Gasteiger partial charge >= 0.3 is 24.3 Å². The van der Waals surface area contributed by atoms with Crippen molar-refractivity contribution in [3.05, 3.63) is 0 Å². The molecule has 0 heterocycles. The Balaban J connectivity index is 4.03. The van der Waals surface area contributed by atoms with Gasteiger partial charge in [-0.2, -0.15) is 8.78 Å². The van der Waals surface area contributed by atoms with Crippen molar-refractivity contribution in [1.29, 1.82) is 0 Å². The van der Waals surface area contributed by atoms with Gasteiger partial charge in [0.2, 0.25) is 0 Å². The number of hydrogen-bond donors (Lipinski definition) is 3. The summed E-state index contributed by atoms with van der Waals surface area (Å²) in [6.45, 7) is -0.207. The molecule has 0 aromatic carbocycles. The third-order valence-electron chi connectivity index (χ3n) is 2.15. The van der Waals surface area contributed by atoms with E-state index in [2.05, 4.69) is 0 Å². The fourth-order valence-corrected chi connectivity index (χ4v) is 0.960. The summed E-state index contributed by atoms with van der Waals surface area (Å²) in [7, 11) is 0. The third kappa shape index (κ3) is 5.69. The topological polar surface area (TPSA) is 78.4 Å². The number of carbonyl (C=O) groups is 2. The van der Waals surface area contributed by atoms with Gasteiger partial charge in [0.25, 0.3) is 0 Å². The maximum atomic E-state index is 12.4. The smallest absolute Gasteiger partial charge is 0.324 e. The first-order valence-electron chi connectivity index (χ1n) is 5.11. The highest BCUT2D eigenvalue weighted by molar-refractivity contribution is 5.75. The lowest BCUT2D eigenvalue weighted by Crippen LogP contribution is -2.46. The molecule has 2 amide bonds. The molecule has 0 spiro atoms. The molecule has 0 bridgehead atoms. The zero-order valence-electron chi connectivity index (χ0n) is 9.55. The van der Waals surface area contributed by atoms with E-state index >= 15 is 0 Å². The summed E-state index contributed by atoms with van der Waals surface area (Å²) in [6.07, 6.45) is -3.64. The van der Waals surface area contributed by atoms with Crippen molar-refractivity contribution in [3.63, 3.8) is 0 Å². The van der Waals surface area contributed by atoms with Crippen molar-refractivity contribution >= 4 is 12.0 Å². The Morgan fingerprint density at radius 1 is 1.28 bits per heavy atom. The van der Waals surface area contributed by atoms with E-state index in [0.717, 1.165) is 0 Å². The lowest BCUT2D eigenvalue weighted by atomic mass is 10.1. The van der Waals surface area contributed by atoms with Crippen LogP contribution in [0.4, 0.5) is 22.4 Å². The molecule has 0 aliphatic carbocycles. The maximum absolute atomic E-state index is 12.4. The number of hydrogen-bond acceptors (Lipinski definition) is 2. The molecule has 0 saturated carbocycles. The van der Waals surface area contributed by atoms with Gasteiger partial charge in [-0.05, 0) is 6.42 Å². The molecule has 1 unspecified atom stereocenters. The summed E-state index contributed by atoms with van der Waals surface area (Å²) >= 11 is 0. The van der Waals surface area contributed by atoms with E-state index in [4.69, 9.17) is 5.11 Å². The van der Waals surface area contributed by atoms with E-state index in [1.54, 1.807) is 12.2 Å². The molecular formula is C9H14F4N2O3. The number of carbonyl (C=O) groups excluding carboxylic acids is 1. The Morgan fingerprint density at radius 2 is 1.83 bits per heavy atom. The Labute approximate surface area is 101 Å². The number of carboxylic acids is 1. The van der Waals surface area contributed by atoms with Crippen molar-refractivity contribution in [3.8, 4) is 0 Å². The van der Waals surface area contributed by atoms with Crippen LogP contribution in [0.1, 0.15) is 13.3 Å². The van der Waals surface area contributed by atoms with Crippen molar-refractivity contribution in [2.24, 2.45) is 5.92 Å². The molecule has 0 aromatic rings. The Morgan fingerprint density at radius 3 is 2.22 bits per heavy atom. The van der Waals surface area contributed by atoms with Crippen molar-refractivity contribution in [1.82, 2.24) is 10.6 Å². The Hall–Kier alpha value is -1.54. The molecule has 9 heteroatoms. The highest BCUT2D eigenvalue weighted by Crippen LogP contribution is 2.21. The third-order valence-corrected chi connectivity index (χ3v) is 2.15. The van der Waals surface area contributed by atoms with Gasteiger partial charge in [0.1, 0.15) is 0 Å². The number of amides is 2. The van der Waals surface area contributed by atoms with E-state index < -0.39 is 36.8 Å². The molecule has 0 radical (unpaired) electrons. The summed E-state index contributed by atoms with van der Waals surface area (Å²) < 4.78 is 48.3. The molecule has 3 N–H and O–H groups in total. The normalized spacial score (nSPS) is 13.2. The number of carboxylic acid groups (broad SMARTS) is 1. The zero-order chi connectivity index (χ0) is 14.3. The van der Waals surface area contributed by atoms with Crippen molar-refractivity contribution in [2.75, 3.05) is 13.1 Å². The lowest BCUT2D eigenvalue weighted by Gasteiger charge is -2.17. The van der Waals surface area contributed by atoms with Gasteiger partial charge < -0.3 is 15.7 Å². The van der Waals surface area contributed by atoms with Gasteiger partial charge in [-0.3, -0.25) is 4.79 Å². The monoisotopic (exact) mass is 274 g/mol. The van der Waals surface area contributed by atoms with Crippen LogP contribution in [0.2, 0.25) is 0 Å². The lowest BCUT2D eigenvalue weighted by molar-refractivity contribution is -0.141. The highest BCUT2D eigenvalue weighted by Gasteiger charge is 2.40. The van der Waals surface area contributed by atoms with Crippen LogP contribution in [-0.4, -0.2) is 42.5 Å². The van der Waals surface area contributed by atoms with E-state index in [-0.39, 0.29) is 13.0 Å². The molecule has 18 heavy (non-hydrogen) atoms. The number of urea groups is 1. The average molecular weight is 274 g/mol. The van der Waals surface area contributed by atoms with Gasteiger partial charge in [-0.1, -0.05) is 6.92 Å². The average Bonchev–Trinajstić information content (AvgIpc) is 2.26. The summed E-state index contributed by atoms with van der Waals surface area (Å²) in [4.78, 5) is 21.5. The van der Waals surface area contributed by atoms with E-state index in [1.807, 2.05) is 5.32 Å². The minimum absolute atomic E-state index is 0.239. The zero-order valence-corrected chi connectivity index (χ0v) is 9.55. The quantitative estimate of drug-likeness (QED) is 0.612. The molecule has 0 aliphatic heterocycles. The fraction of sp³-hybridized carbons (Fsp3) is 0.778. The summed E-state index contributed by atoms with van der Waals surface area (Å²) in [6, 6.07) is -1.12. The second-order valence-electron chi connectivity index (χ2n) is 3.57. The highest BCUT2D eigenvalue weighted by atomic mass is 19.3. The predicted octanol–water partition coefficient (Wildman–Crippen LogP) is 1.30. The Kier molecular flexibility index (Phi) is 6.42. The summed E-state index contributed by atoms with van der Waals surface area (Å²) in [5.41, 5.74) is 0. The van der Waals surface area contributed by atoms with Crippen LogP contribution in [0, 0.1) is 5.92 Å². The molecule has 0 saturated heterocycles. The van der Waals surface area contributed by atoms with Crippen LogP contribution < -0.4 is 10.6 Å². The number of rotatable bonds is 7. The molecule has 0 aliphatic rings. The molecule has 0 rings (SSSR count). The Bertz CT molecular complexity index is 300. The SMILES string of the molecule is CCC(CNC(=O)NCC(F)(F)C(F)F)C(=O)O. The number of halogens is 4. The molecule has 5 nitrogen and oxygen atoms in total. The summed E-state index contributed by atoms with van der Waals surface area (Å²) in [5, 5.41) is 12.2. The van der Waals surface area contributed by atoms with Crippen LogP contribution in [0.25, 0.3) is 0 Å². The molecular weight excluding hydrogens is 260 g/mol. The maximum Gasteiger partial charge on any atom is 0.324 e. The first-order valence-corrected chi connectivity index (χ1v) is 5.11. The van der Waals surface area contributed by atoms with Crippen LogP contribution in [-0.2, 0) is 4.79 Å². The van der Waals surface area contributed by atoms with Crippen LogP contribution in [0.3, 0.4) is 0 Å². The number of alkyl halides is 4. The van der Waals surface area contributed by atoms with Gasteiger partial charge in [0, 0.05) is 6.54 Å². The van der Waals surface area contributed by atoms with E-state index in [9.17, 15) is 27.2 Å². The second kappa shape index (κ2) is 7.02. The largest absolute Gasteiger partial charge is 0.481 e. The molecule has 0 fully saturated rings. The van der Waals surface area contributed by atoms with Crippen LogP contribution in [0.15, 0.2) is 0 Å². The van der Waals surface area contributed by atoms with Gasteiger partial charge in [0.05, 0.1) is 12.5 Å². The minimum atomic E-state index is -4.31. The molecule has 106 valence electrons. The number of nitrogens with one attached hydrogen (secondary N) is 2. The number of aliphatic carboxylic acids is 1. The molecule has 0 aromatic heterocycles. The van der Waals surface area contributed by atoms with Crippen molar-refractivity contribution < 1.29 is 32.3 Å². The predicted molar refractivity (Wildman–Crippen MR) is 53.8 cm³/mol. The second-order valence-corrected chi connectivity index (χ2v) is 3.57. The van der Waals surface area contributed by atoms with Gasteiger partial charge in [-0.15, -0.1) is 0 Å². The fourth-order valence-electron chi connectivity index (χ4n) is 0.960. The minimum Gasteiger partial charge on any atom is -0.481 e. The van der Waals surface area contributed by atoms with Crippen molar-refractivity contribution in [2.45, 2.75) is 25.7 Å². The standard InChI is InChI=1S/C9H14F4N2O3/c1-2-5(6(16)17)3-14-8(18)15-4-9(12,13)7(10)11/h5,7H,2-4H2,1H3,(H,16,17)(H2,14,15,18). The first-order chi connectivity index (χ1) is 8.20. The van der Waals surface area contributed by atoms with E-state index in [1.165, 1.54) is 0 Å². The first kappa shape index (κ1) is 16.5. The van der Waals surface area contributed by atoms with Gasteiger partial charge in [0.15, 0.2) is 0 Å².